The third-order valence-electron chi connectivity index (χ3n) is 2.82. The van der Waals surface area contributed by atoms with E-state index >= 15 is 0 Å². The van der Waals surface area contributed by atoms with E-state index in [2.05, 4.69) is 21.2 Å². The van der Waals surface area contributed by atoms with Gasteiger partial charge in [-0.3, -0.25) is 4.79 Å². The SMILES string of the molecule is Cc1ccc(C(=O)Nc2ccc(Br)cc2C#N)cc1O. The fourth-order valence-electron chi connectivity index (χ4n) is 1.66. The Morgan fingerprint density at radius 3 is 2.70 bits per heavy atom. The van der Waals surface area contributed by atoms with Crippen molar-refractivity contribution in [2.75, 3.05) is 5.32 Å². The molecule has 0 atom stereocenters. The Bertz CT molecular complexity index is 720. The van der Waals surface area contributed by atoms with Gasteiger partial charge in [-0.15, -0.1) is 0 Å². The number of benzene rings is 2. The number of carbonyl (C=O) groups is 1. The Balaban J connectivity index is 2.28. The molecule has 0 fully saturated rings. The number of hydrogen-bond donors (Lipinski definition) is 2. The number of nitriles is 1. The summed E-state index contributed by atoms with van der Waals surface area (Å²) in [6.07, 6.45) is 0. The quantitative estimate of drug-likeness (QED) is 0.883. The number of halogens is 1. The summed E-state index contributed by atoms with van der Waals surface area (Å²) in [6.45, 7) is 1.75. The van der Waals surface area contributed by atoms with Gasteiger partial charge in [0.15, 0.2) is 0 Å². The highest BCUT2D eigenvalue weighted by Gasteiger charge is 2.11. The normalized spacial score (nSPS) is 9.85. The van der Waals surface area contributed by atoms with Crippen molar-refractivity contribution in [3.05, 3.63) is 57.6 Å². The summed E-state index contributed by atoms with van der Waals surface area (Å²) in [7, 11) is 0. The zero-order chi connectivity index (χ0) is 14.7. The third-order valence-corrected chi connectivity index (χ3v) is 3.31. The van der Waals surface area contributed by atoms with Gasteiger partial charge in [0, 0.05) is 10.0 Å². The van der Waals surface area contributed by atoms with E-state index in [4.69, 9.17) is 5.26 Å². The van der Waals surface area contributed by atoms with E-state index in [1.165, 1.54) is 6.07 Å². The van der Waals surface area contributed by atoms with Crippen LogP contribution in [-0.2, 0) is 0 Å². The van der Waals surface area contributed by atoms with Crippen LogP contribution in [0.5, 0.6) is 5.75 Å². The minimum absolute atomic E-state index is 0.0639. The lowest BCUT2D eigenvalue weighted by atomic mass is 10.1. The van der Waals surface area contributed by atoms with Crippen LogP contribution in [0.4, 0.5) is 5.69 Å². The van der Waals surface area contributed by atoms with Crippen LogP contribution >= 0.6 is 15.9 Å². The van der Waals surface area contributed by atoms with E-state index in [1.54, 1.807) is 37.3 Å². The fraction of sp³-hybridized carbons (Fsp3) is 0.0667. The Morgan fingerprint density at radius 1 is 1.30 bits per heavy atom. The molecule has 0 bridgehead atoms. The Hall–Kier alpha value is -2.32. The van der Waals surface area contributed by atoms with Crippen LogP contribution < -0.4 is 5.32 Å². The summed E-state index contributed by atoms with van der Waals surface area (Å²) >= 11 is 3.27. The Labute approximate surface area is 124 Å². The molecule has 1 amide bonds. The smallest absolute Gasteiger partial charge is 0.255 e. The van der Waals surface area contributed by atoms with E-state index in [9.17, 15) is 9.90 Å². The highest BCUT2D eigenvalue weighted by molar-refractivity contribution is 9.10. The Morgan fingerprint density at radius 2 is 2.05 bits per heavy atom. The topological polar surface area (TPSA) is 73.1 Å². The van der Waals surface area contributed by atoms with Crippen LogP contribution in [0.1, 0.15) is 21.5 Å². The van der Waals surface area contributed by atoms with Crippen LogP contribution in [0, 0.1) is 18.3 Å². The Kier molecular flexibility index (Phi) is 4.06. The van der Waals surface area contributed by atoms with Crippen molar-refractivity contribution in [2.24, 2.45) is 0 Å². The van der Waals surface area contributed by atoms with Crippen molar-refractivity contribution >= 4 is 27.5 Å². The van der Waals surface area contributed by atoms with Crippen LogP contribution in [0.2, 0.25) is 0 Å². The number of aryl methyl sites for hydroxylation is 1. The molecule has 2 rings (SSSR count). The first-order chi connectivity index (χ1) is 9.51. The molecule has 4 nitrogen and oxygen atoms in total. The predicted octanol–water partition coefficient (Wildman–Crippen LogP) is 3.59. The van der Waals surface area contributed by atoms with Gasteiger partial charge in [0.25, 0.3) is 5.91 Å². The van der Waals surface area contributed by atoms with Crippen molar-refractivity contribution in [2.45, 2.75) is 6.92 Å². The number of aromatic hydroxyl groups is 1. The first-order valence-electron chi connectivity index (χ1n) is 5.82. The number of phenols is 1. The van der Waals surface area contributed by atoms with Gasteiger partial charge in [0.1, 0.15) is 11.8 Å². The van der Waals surface area contributed by atoms with Crippen LogP contribution in [0.15, 0.2) is 40.9 Å². The van der Waals surface area contributed by atoms with Gasteiger partial charge in [-0.05, 0) is 42.8 Å². The van der Waals surface area contributed by atoms with Crippen molar-refractivity contribution in [1.82, 2.24) is 0 Å². The lowest BCUT2D eigenvalue weighted by Gasteiger charge is -2.08. The molecule has 0 spiro atoms. The van der Waals surface area contributed by atoms with Crippen molar-refractivity contribution in [3.8, 4) is 11.8 Å². The predicted molar refractivity (Wildman–Crippen MR) is 79.7 cm³/mol. The van der Waals surface area contributed by atoms with E-state index in [1.807, 2.05) is 6.07 Å². The monoisotopic (exact) mass is 330 g/mol. The molecule has 0 aromatic heterocycles. The molecule has 100 valence electrons. The third kappa shape index (κ3) is 2.98. The molecular weight excluding hydrogens is 320 g/mol. The number of nitrogens with one attached hydrogen (secondary N) is 1. The van der Waals surface area contributed by atoms with Crippen LogP contribution in [-0.4, -0.2) is 11.0 Å². The zero-order valence-electron chi connectivity index (χ0n) is 10.6. The average Bonchev–Trinajstić information content (AvgIpc) is 2.43. The minimum Gasteiger partial charge on any atom is -0.508 e. The maximum absolute atomic E-state index is 12.1. The standard InChI is InChI=1S/C15H11BrN2O2/c1-9-2-3-10(7-14(9)19)15(20)18-13-5-4-12(16)6-11(13)8-17/h2-7,19H,1H3,(H,18,20). The highest BCUT2D eigenvalue weighted by atomic mass is 79.9. The number of amides is 1. The van der Waals surface area contributed by atoms with E-state index in [0.717, 1.165) is 4.47 Å². The van der Waals surface area contributed by atoms with Crippen molar-refractivity contribution in [3.63, 3.8) is 0 Å². The second kappa shape index (κ2) is 5.76. The first kappa shape index (κ1) is 14.1. The van der Waals surface area contributed by atoms with Gasteiger partial charge >= 0.3 is 0 Å². The van der Waals surface area contributed by atoms with Crippen LogP contribution in [0.25, 0.3) is 0 Å². The maximum Gasteiger partial charge on any atom is 0.255 e. The maximum atomic E-state index is 12.1. The van der Waals surface area contributed by atoms with E-state index in [-0.39, 0.29) is 11.7 Å². The molecule has 0 unspecified atom stereocenters. The zero-order valence-corrected chi connectivity index (χ0v) is 12.2. The average molecular weight is 331 g/mol. The van der Waals surface area contributed by atoms with Gasteiger partial charge in [0.2, 0.25) is 0 Å². The number of hydrogen-bond acceptors (Lipinski definition) is 3. The summed E-state index contributed by atoms with van der Waals surface area (Å²) in [6, 6.07) is 11.7. The molecular formula is C15H11BrN2O2. The van der Waals surface area contributed by atoms with Crippen LogP contribution in [0.3, 0.4) is 0 Å². The first-order valence-corrected chi connectivity index (χ1v) is 6.61. The second-order valence-corrected chi connectivity index (χ2v) is 5.17. The summed E-state index contributed by atoms with van der Waals surface area (Å²) in [5.74, 6) is -0.312. The fourth-order valence-corrected chi connectivity index (χ4v) is 2.02. The molecule has 0 heterocycles. The molecule has 0 saturated heterocycles. The molecule has 2 aromatic rings. The summed E-state index contributed by atoms with van der Waals surface area (Å²) in [4.78, 5) is 12.1. The van der Waals surface area contributed by atoms with Crippen molar-refractivity contribution in [1.29, 1.82) is 5.26 Å². The highest BCUT2D eigenvalue weighted by Crippen LogP contribution is 2.22. The molecule has 0 saturated carbocycles. The molecule has 0 aliphatic carbocycles. The summed E-state index contributed by atoms with van der Waals surface area (Å²) in [5, 5.41) is 21.3. The van der Waals surface area contributed by atoms with Gasteiger partial charge < -0.3 is 10.4 Å². The molecule has 0 aliphatic heterocycles. The molecule has 0 aliphatic rings. The van der Waals surface area contributed by atoms with Gasteiger partial charge in [0.05, 0.1) is 11.3 Å². The molecule has 0 radical (unpaired) electrons. The number of carbonyl (C=O) groups excluding carboxylic acids is 1. The lowest BCUT2D eigenvalue weighted by molar-refractivity contribution is 0.102. The molecule has 5 heteroatoms. The lowest BCUT2D eigenvalue weighted by Crippen LogP contribution is -2.12. The van der Waals surface area contributed by atoms with Crippen molar-refractivity contribution < 1.29 is 9.90 Å². The van der Waals surface area contributed by atoms with Gasteiger partial charge in [-0.1, -0.05) is 22.0 Å². The number of rotatable bonds is 2. The number of anilines is 1. The molecule has 20 heavy (non-hydrogen) atoms. The summed E-state index contributed by atoms with van der Waals surface area (Å²) in [5.41, 5.74) is 1.83. The largest absolute Gasteiger partial charge is 0.508 e. The van der Waals surface area contributed by atoms with E-state index in [0.29, 0.717) is 22.4 Å². The summed E-state index contributed by atoms with van der Waals surface area (Å²) < 4.78 is 0.764. The number of nitrogens with zero attached hydrogens (tertiary/aromatic N) is 1. The molecule has 2 N–H and O–H groups in total. The second-order valence-electron chi connectivity index (χ2n) is 4.26. The van der Waals surface area contributed by atoms with E-state index < -0.39 is 0 Å². The van der Waals surface area contributed by atoms with Gasteiger partial charge in [-0.2, -0.15) is 5.26 Å². The minimum atomic E-state index is -0.376. The number of phenolic OH excluding ortho intramolecular Hbond substituents is 1. The van der Waals surface area contributed by atoms with Gasteiger partial charge in [-0.25, -0.2) is 0 Å². The molecule has 2 aromatic carbocycles.